The Hall–Kier alpha value is -0.890. The normalized spacial score (nSPS) is 39.0. The standard InChI is InChI=1S/C24H46N2O9/c1-11(2)32-20-14(9-27)34-22(16(25)18(20)30)23(5,6)24(7,8)35-21-15(10-28)33-12(3)17(19(21)31)26-13(4)29/h11-12,14-22,27-28,30-31H,9-10,25H2,1-8H3,(H,26,29)/t12-,14?,15?,16?,17?,18?,19?,20+,21+,22+/m0/s1. The number of carbonyl (C=O) groups is 1. The molecule has 2 heterocycles. The highest BCUT2D eigenvalue weighted by molar-refractivity contribution is 5.73. The molecule has 206 valence electrons. The quantitative estimate of drug-likeness (QED) is 0.229. The van der Waals surface area contributed by atoms with Crippen LogP contribution in [0.1, 0.15) is 55.4 Å². The molecule has 0 spiro atoms. The molecular weight excluding hydrogens is 460 g/mol. The Balaban J connectivity index is 2.31. The Morgan fingerprint density at radius 1 is 1.03 bits per heavy atom. The van der Waals surface area contributed by atoms with Gasteiger partial charge in [-0.05, 0) is 34.6 Å². The van der Waals surface area contributed by atoms with Gasteiger partial charge in [0, 0.05) is 12.3 Å². The summed E-state index contributed by atoms with van der Waals surface area (Å²) in [4.78, 5) is 11.7. The van der Waals surface area contributed by atoms with Crippen molar-refractivity contribution in [3.63, 3.8) is 0 Å². The lowest BCUT2D eigenvalue weighted by molar-refractivity contribution is -0.287. The van der Waals surface area contributed by atoms with Gasteiger partial charge in [0.1, 0.15) is 36.6 Å². The van der Waals surface area contributed by atoms with E-state index in [9.17, 15) is 25.2 Å². The molecule has 0 saturated carbocycles. The molecule has 2 aliphatic rings. The molecule has 35 heavy (non-hydrogen) atoms. The van der Waals surface area contributed by atoms with Gasteiger partial charge in [0.2, 0.25) is 5.91 Å². The van der Waals surface area contributed by atoms with Crippen LogP contribution in [-0.2, 0) is 23.7 Å². The predicted octanol–water partition coefficient (Wildman–Crippen LogP) is -0.937. The predicted molar refractivity (Wildman–Crippen MR) is 128 cm³/mol. The van der Waals surface area contributed by atoms with E-state index in [1.54, 1.807) is 20.8 Å². The van der Waals surface area contributed by atoms with Crippen molar-refractivity contribution in [2.75, 3.05) is 13.2 Å². The SMILES string of the molecule is CC(=O)NC1C(O)[C@H](OC(C)(C)C(C)(C)[C@@H]2OC(CO)[C@@H](OC(C)C)C(O)C2N)C(CO)O[C@H]1C. The van der Waals surface area contributed by atoms with Crippen molar-refractivity contribution in [1.29, 1.82) is 0 Å². The molecule has 2 aliphatic heterocycles. The maximum Gasteiger partial charge on any atom is 0.217 e. The van der Waals surface area contributed by atoms with Crippen molar-refractivity contribution < 1.29 is 44.2 Å². The first-order valence-electron chi connectivity index (χ1n) is 12.3. The number of nitrogens with two attached hydrogens (primary N) is 1. The minimum Gasteiger partial charge on any atom is -0.394 e. The number of hydrogen-bond acceptors (Lipinski definition) is 10. The van der Waals surface area contributed by atoms with Gasteiger partial charge in [-0.3, -0.25) is 4.79 Å². The molecule has 11 heteroatoms. The fraction of sp³-hybridized carbons (Fsp3) is 0.958. The first kappa shape index (κ1) is 30.3. The number of aliphatic hydroxyl groups excluding tert-OH is 4. The minimum atomic E-state index is -1.16. The lowest BCUT2D eigenvalue weighted by atomic mass is 9.68. The molecule has 0 radical (unpaired) electrons. The summed E-state index contributed by atoms with van der Waals surface area (Å²) in [7, 11) is 0. The maximum absolute atomic E-state index is 11.7. The second-order valence-electron chi connectivity index (χ2n) is 11.1. The molecule has 2 fully saturated rings. The van der Waals surface area contributed by atoms with Gasteiger partial charge in [-0.25, -0.2) is 0 Å². The molecule has 7 N–H and O–H groups in total. The monoisotopic (exact) mass is 506 g/mol. The zero-order valence-corrected chi connectivity index (χ0v) is 22.2. The number of amides is 1. The van der Waals surface area contributed by atoms with Crippen molar-refractivity contribution in [3.05, 3.63) is 0 Å². The Morgan fingerprint density at radius 3 is 2.06 bits per heavy atom. The molecule has 6 unspecified atom stereocenters. The average molecular weight is 507 g/mol. The van der Waals surface area contributed by atoms with E-state index in [1.807, 2.05) is 27.7 Å². The molecule has 0 aliphatic carbocycles. The van der Waals surface area contributed by atoms with Crippen LogP contribution in [0.4, 0.5) is 0 Å². The molecule has 10 atom stereocenters. The van der Waals surface area contributed by atoms with Gasteiger partial charge in [0.05, 0.1) is 49.2 Å². The number of ether oxygens (including phenoxy) is 4. The molecule has 0 aromatic rings. The summed E-state index contributed by atoms with van der Waals surface area (Å²) in [6, 6.07) is -1.59. The van der Waals surface area contributed by atoms with E-state index >= 15 is 0 Å². The largest absolute Gasteiger partial charge is 0.394 e. The second-order valence-corrected chi connectivity index (χ2v) is 11.1. The number of aliphatic hydroxyl groups is 4. The van der Waals surface area contributed by atoms with E-state index in [4.69, 9.17) is 24.7 Å². The summed E-state index contributed by atoms with van der Waals surface area (Å²) >= 11 is 0. The van der Waals surface area contributed by atoms with Crippen LogP contribution in [0.5, 0.6) is 0 Å². The van der Waals surface area contributed by atoms with Gasteiger partial charge in [0.15, 0.2) is 0 Å². The highest BCUT2D eigenvalue weighted by Crippen LogP contribution is 2.44. The van der Waals surface area contributed by atoms with Gasteiger partial charge in [-0.1, -0.05) is 13.8 Å². The Morgan fingerprint density at radius 2 is 1.57 bits per heavy atom. The number of rotatable bonds is 9. The summed E-state index contributed by atoms with van der Waals surface area (Å²) < 4.78 is 24.3. The molecule has 0 aromatic heterocycles. The van der Waals surface area contributed by atoms with Gasteiger partial charge in [-0.2, -0.15) is 0 Å². The zero-order valence-electron chi connectivity index (χ0n) is 22.2. The minimum absolute atomic E-state index is 0.203. The smallest absolute Gasteiger partial charge is 0.217 e. The van der Waals surface area contributed by atoms with Crippen LogP contribution < -0.4 is 11.1 Å². The van der Waals surface area contributed by atoms with E-state index in [1.165, 1.54) is 6.92 Å². The number of nitrogens with one attached hydrogen (secondary N) is 1. The van der Waals surface area contributed by atoms with Crippen LogP contribution >= 0.6 is 0 Å². The summed E-state index contributed by atoms with van der Waals surface area (Å²) in [5.41, 5.74) is 4.54. The average Bonchev–Trinajstić information content (AvgIpc) is 2.75. The molecule has 0 aromatic carbocycles. The summed E-state index contributed by atoms with van der Waals surface area (Å²) in [6.45, 7) is 13.3. The van der Waals surface area contributed by atoms with E-state index < -0.39 is 78.5 Å². The Bertz CT molecular complexity index is 702. The van der Waals surface area contributed by atoms with E-state index in [0.29, 0.717) is 0 Å². The highest BCUT2D eigenvalue weighted by Gasteiger charge is 2.56. The van der Waals surface area contributed by atoms with Crippen molar-refractivity contribution in [3.8, 4) is 0 Å². The fourth-order valence-corrected chi connectivity index (χ4v) is 4.96. The fourth-order valence-electron chi connectivity index (χ4n) is 4.96. The summed E-state index contributed by atoms with van der Waals surface area (Å²) in [5.74, 6) is -0.325. The topological polar surface area (TPSA) is 173 Å². The van der Waals surface area contributed by atoms with Crippen LogP contribution in [0.15, 0.2) is 0 Å². The summed E-state index contributed by atoms with van der Waals surface area (Å²) in [6.07, 6.45) is -7.15. The second kappa shape index (κ2) is 11.7. The third kappa shape index (κ3) is 6.34. The van der Waals surface area contributed by atoms with Crippen molar-refractivity contribution in [2.45, 2.75) is 128 Å². The van der Waals surface area contributed by atoms with Crippen LogP contribution in [0.2, 0.25) is 0 Å². The first-order chi connectivity index (χ1) is 16.1. The van der Waals surface area contributed by atoms with Gasteiger partial charge in [-0.15, -0.1) is 0 Å². The molecular formula is C24H46N2O9. The van der Waals surface area contributed by atoms with Crippen LogP contribution in [0.25, 0.3) is 0 Å². The maximum atomic E-state index is 11.7. The van der Waals surface area contributed by atoms with Crippen molar-refractivity contribution in [2.24, 2.45) is 11.1 Å². The third-order valence-corrected chi connectivity index (χ3v) is 7.59. The molecule has 1 amide bonds. The molecule has 2 rings (SSSR count). The Labute approximate surface area is 208 Å². The van der Waals surface area contributed by atoms with Crippen LogP contribution in [-0.4, -0.2) is 112 Å². The molecule has 2 saturated heterocycles. The molecule has 0 bridgehead atoms. The lowest BCUT2D eigenvalue weighted by Crippen LogP contribution is -2.70. The molecule has 11 nitrogen and oxygen atoms in total. The van der Waals surface area contributed by atoms with Crippen LogP contribution in [0.3, 0.4) is 0 Å². The van der Waals surface area contributed by atoms with E-state index in [2.05, 4.69) is 5.32 Å². The lowest BCUT2D eigenvalue weighted by Gasteiger charge is -2.55. The first-order valence-corrected chi connectivity index (χ1v) is 12.3. The third-order valence-electron chi connectivity index (χ3n) is 7.59. The van der Waals surface area contributed by atoms with Crippen molar-refractivity contribution in [1.82, 2.24) is 5.32 Å². The zero-order chi connectivity index (χ0) is 26.9. The Kier molecular flexibility index (Phi) is 10.1. The van der Waals surface area contributed by atoms with Gasteiger partial charge < -0.3 is 50.4 Å². The number of hydrogen-bond donors (Lipinski definition) is 6. The van der Waals surface area contributed by atoms with Crippen molar-refractivity contribution >= 4 is 5.91 Å². The van der Waals surface area contributed by atoms with E-state index in [0.717, 1.165) is 0 Å². The van der Waals surface area contributed by atoms with E-state index in [-0.39, 0.29) is 18.6 Å². The van der Waals surface area contributed by atoms with Gasteiger partial charge in [0.25, 0.3) is 0 Å². The van der Waals surface area contributed by atoms with Crippen LogP contribution in [0, 0.1) is 5.41 Å². The van der Waals surface area contributed by atoms with Gasteiger partial charge >= 0.3 is 0 Å². The summed E-state index contributed by atoms with van der Waals surface area (Å²) in [5, 5.41) is 44.7. The highest BCUT2D eigenvalue weighted by atomic mass is 16.6. The number of carbonyl (C=O) groups excluding carboxylic acids is 1.